The Labute approximate surface area is 174 Å². The number of ether oxygens (including phenoxy) is 3. The van der Waals surface area contributed by atoms with Crippen LogP contribution in [0.4, 0.5) is 5.69 Å². The van der Waals surface area contributed by atoms with Gasteiger partial charge in [-0.3, -0.25) is 14.4 Å². The number of rotatable bonds is 5. The van der Waals surface area contributed by atoms with Crippen LogP contribution in [-0.4, -0.2) is 42.3 Å². The van der Waals surface area contributed by atoms with E-state index in [-0.39, 0.29) is 12.4 Å². The zero-order chi connectivity index (χ0) is 21.3. The number of Topliss-reactive ketones (excluding diaryl/α,β-unsaturated/α-hetero) is 1. The van der Waals surface area contributed by atoms with E-state index >= 15 is 0 Å². The number of nitrogens with zero attached hydrogens (tertiary/aromatic N) is 1. The number of ketones is 1. The first-order valence-electron chi connectivity index (χ1n) is 9.35. The third-order valence-electron chi connectivity index (χ3n) is 5.33. The van der Waals surface area contributed by atoms with E-state index in [1.165, 1.54) is 20.8 Å². The minimum absolute atomic E-state index is 0.0910. The third-order valence-corrected chi connectivity index (χ3v) is 5.58. The van der Waals surface area contributed by atoms with E-state index in [2.05, 4.69) is 0 Å². The van der Waals surface area contributed by atoms with E-state index in [1.807, 2.05) is 36.2 Å². The highest BCUT2D eigenvalue weighted by Crippen LogP contribution is 2.48. The van der Waals surface area contributed by atoms with Crippen molar-refractivity contribution >= 4 is 35.0 Å². The summed E-state index contributed by atoms with van der Waals surface area (Å²) in [6.07, 6.45) is 2.19. The highest BCUT2D eigenvalue weighted by Gasteiger charge is 2.59. The Kier molecular flexibility index (Phi) is 6.00. The number of anilines is 1. The number of fused-ring (bicyclic) bond motifs is 2. The van der Waals surface area contributed by atoms with Gasteiger partial charge in [0.25, 0.3) is 0 Å². The van der Waals surface area contributed by atoms with Crippen molar-refractivity contribution in [3.8, 4) is 0 Å². The van der Waals surface area contributed by atoms with Crippen LogP contribution in [0.1, 0.15) is 27.7 Å². The normalized spacial score (nSPS) is 30.6. The molecule has 0 spiro atoms. The van der Waals surface area contributed by atoms with Gasteiger partial charge in [-0.1, -0.05) is 17.7 Å². The maximum Gasteiger partial charge on any atom is 0.303 e. The van der Waals surface area contributed by atoms with Crippen molar-refractivity contribution in [2.45, 2.75) is 45.6 Å². The molecule has 2 aliphatic heterocycles. The number of esters is 2. The molecule has 1 aromatic carbocycles. The Balaban J connectivity index is 2.06. The molecular weight excluding hydrogens is 398 g/mol. The maximum atomic E-state index is 12.7. The Morgan fingerprint density at radius 2 is 1.79 bits per heavy atom. The Morgan fingerprint density at radius 3 is 2.34 bits per heavy atom. The van der Waals surface area contributed by atoms with Crippen LogP contribution in [0.15, 0.2) is 36.5 Å². The number of hydrogen-bond acceptors (Lipinski definition) is 7. The Bertz CT molecular complexity index is 838. The van der Waals surface area contributed by atoms with E-state index in [1.54, 1.807) is 12.1 Å². The summed E-state index contributed by atoms with van der Waals surface area (Å²) in [6, 6.07) is 7.17. The molecule has 2 aliphatic rings. The van der Waals surface area contributed by atoms with Gasteiger partial charge in [0.05, 0.1) is 5.92 Å². The van der Waals surface area contributed by atoms with Gasteiger partial charge in [-0.25, -0.2) is 0 Å². The van der Waals surface area contributed by atoms with Crippen LogP contribution in [0.25, 0.3) is 0 Å². The van der Waals surface area contributed by atoms with Crippen LogP contribution in [0.2, 0.25) is 5.02 Å². The SMILES string of the molecule is CC(=O)OCC1OC2(C)C(C(C)=O)C(C=CN2c2ccc(Cl)cc2)C1OC(C)=O. The van der Waals surface area contributed by atoms with Gasteiger partial charge in [0.15, 0.2) is 5.72 Å². The highest BCUT2D eigenvalue weighted by atomic mass is 35.5. The lowest BCUT2D eigenvalue weighted by molar-refractivity contribution is -0.234. The summed E-state index contributed by atoms with van der Waals surface area (Å²) in [5.41, 5.74) is -0.282. The molecule has 1 fully saturated rings. The Hall–Kier alpha value is -2.38. The minimum Gasteiger partial charge on any atom is -0.463 e. The zero-order valence-corrected chi connectivity index (χ0v) is 17.5. The minimum atomic E-state index is -1.07. The first-order chi connectivity index (χ1) is 13.6. The second kappa shape index (κ2) is 8.16. The van der Waals surface area contributed by atoms with E-state index < -0.39 is 41.7 Å². The second-order valence-corrected chi connectivity index (χ2v) is 7.88. The molecule has 0 radical (unpaired) electrons. The summed E-state index contributed by atoms with van der Waals surface area (Å²) in [4.78, 5) is 37.6. The highest BCUT2D eigenvalue weighted by molar-refractivity contribution is 6.30. The summed E-state index contributed by atoms with van der Waals surface area (Å²) in [7, 11) is 0. The first-order valence-corrected chi connectivity index (χ1v) is 9.73. The van der Waals surface area contributed by atoms with E-state index in [0.717, 1.165) is 5.69 Å². The molecule has 3 rings (SSSR count). The number of carbonyl (C=O) groups is 3. The van der Waals surface area contributed by atoms with E-state index in [4.69, 9.17) is 25.8 Å². The van der Waals surface area contributed by atoms with Gasteiger partial charge in [0.2, 0.25) is 0 Å². The van der Waals surface area contributed by atoms with Gasteiger partial charge >= 0.3 is 11.9 Å². The number of benzene rings is 1. The number of halogens is 1. The van der Waals surface area contributed by atoms with Crippen molar-refractivity contribution in [1.29, 1.82) is 0 Å². The van der Waals surface area contributed by atoms with Crippen molar-refractivity contribution in [1.82, 2.24) is 0 Å². The van der Waals surface area contributed by atoms with Gasteiger partial charge in [-0.2, -0.15) is 0 Å². The molecule has 29 heavy (non-hydrogen) atoms. The van der Waals surface area contributed by atoms with Gasteiger partial charge in [0, 0.05) is 36.7 Å². The molecule has 2 heterocycles. The lowest BCUT2D eigenvalue weighted by atomic mass is 9.71. The summed E-state index contributed by atoms with van der Waals surface area (Å²) < 4.78 is 17.0. The Morgan fingerprint density at radius 1 is 1.14 bits per heavy atom. The van der Waals surface area contributed by atoms with Crippen LogP contribution < -0.4 is 4.90 Å². The van der Waals surface area contributed by atoms with Gasteiger partial charge in [-0.05, 0) is 38.1 Å². The quantitative estimate of drug-likeness (QED) is 0.675. The molecule has 1 saturated heterocycles. The van der Waals surface area contributed by atoms with Crippen molar-refractivity contribution in [2.75, 3.05) is 11.5 Å². The zero-order valence-electron chi connectivity index (χ0n) is 16.8. The van der Waals surface area contributed by atoms with Crippen molar-refractivity contribution < 1.29 is 28.6 Å². The van der Waals surface area contributed by atoms with Crippen LogP contribution >= 0.6 is 11.6 Å². The first kappa shape index (κ1) is 21.3. The van der Waals surface area contributed by atoms with Crippen LogP contribution in [-0.2, 0) is 28.6 Å². The molecule has 0 aliphatic carbocycles. The van der Waals surface area contributed by atoms with Crippen LogP contribution in [0.5, 0.6) is 0 Å². The maximum absolute atomic E-state index is 12.7. The van der Waals surface area contributed by atoms with Crippen molar-refractivity contribution in [2.24, 2.45) is 11.8 Å². The van der Waals surface area contributed by atoms with E-state index in [9.17, 15) is 14.4 Å². The fraction of sp³-hybridized carbons (Fsp3) is 0.476. The fourth-order valence-electron chi connectivity index (χ4n) is 4.27. The number of hydrogen-bond donors (Lipinski definition) is 0. The lowest BCUT2D eigenvalue weighted by Crippen LogP contribution is -2.68. The van der Waals surface area contributed by atoms with Crippen molar-refractivity contribution in [3.05, 3.63) is 41.6 Å². The summed E-state index contributed by atoms with van der Waals surface area (Å²) in [6.45, 7) is 5.81. The molecule has 7 nitrogen and oxygen atoms in total. The molecule has 8 heteroatoms. The van der Waals surface area contributed by atoms with Gasteiger partial charge < -0.3 is 19.1 Å². The molecule has 2 bridgehead atoms. The van der Waals surface area contributed by atoms with Crippen LogP contribution in [0.3, 0.4) is 0 Å². The second-order valence-electron chi connectivity index (χ2n) is 7.44. The fourth-order valence-corrected chi connectivity index (χ4v) is 4.39. The predicted octanol–water partition coefficient (Wildman–Crippen LogP) is 3.10. The molecule has 5 atom stereocenters. The summed E-state index contributed by atoms with van der Waals surface area (Å²) >= 11 is 6.01. The molecule has 0 saturated carbocycles. The molecule has 0 aromatic heterocycles. The standard InChI is InChI=1S/C21H24ClNO6/c1-12(24)19-17-9-10-23(16-7-5-15(22)6-8-16)21(19,4)29-18(11-27-13(2)25)20(17)28-14(3)26/h5-10,17-20H,11H2,1-4H3. The molecule has 5 unspecified atom stereocenters. The summed E-state index contributed by atoms with van der Waals surface area (Å²) in [5, 5.41) is 0.591. The molecule has 1 aromatic rings. The topological polar surface area (TPSA) is 82.1 Å². The number of carbonyl (C=O) groups excluding carboxylic acids is 3. The lowest BCUT2D eigenvalue weighted by Gasteiger charge is -2.56. The molecular formula is C21H24ClNO6. The molecule has 156 valence electrons. The monoisotopic (exact) mass is 421 g/mol. The van der Waals surface area contributed by atoms with Gasteiger partial charge in [-0.15, -0.1) is 0 Å². The summed E-state index contributed by atoms with van der Waals surface area (Å²) in [5.74, 6) is -2.07. The average Bonchev–Trinajstić information content (AvgIpc) is 2.62. The molecule has 0 N–H and O–H groups in total. The van der Waals surface area contributed by atoms with E-state index in [0.29, 0.717) is 5.02 Å². The average molecular weight is 422 g/mol. The smallest absolute Gasteiger partial charge is 0.303 e. The van der Waals surface area contributed by atoms with Crippen molar-refractivity contribution in [3.63, 3.8) is 0 Å². The predicted molar refractivity (Wildman–Crippen MR) is 106 cm³/mol. The largest absolute Gasteiger partial charge is 0.463 e. The van der Waals surface area contributed by atoms with Gasteiger partial charge in [0.1, 0.15) is 24.6 Å². The molecule has 0 amide bonds. The van der Waals surface area contributed by atoms with Crippen LogP contribution in [0, 0.1) is 11.8 Å². The third kappa shape index (κ3) is 4.16.